The predicted octanol–water partition coefficient (Wildman–Crippen LogP) is 4.73. The van der Waals surface area contributed by atoms with Crippen molar-refractivity contribution in [2.45, 2.75) is 33.4 Å². The Hall–Kier alpha value is -1.79. The molecule has 0 spiro atoms. The molecule has 0 bridgehead atoms. The normalized spacial score (nSPS) is 15.5. The zero-order valence-corrected chi connectivity index (χ0v) is 20.0. The minimum Gasteiger partial charge on any atom is -0.390 e. The van der Waals surface area contributed by atoms with Crippen LogP contribution in [0, 0.1) is 26.6 Å². The van der Waals surface area contributed by atoms with Gasteiger partial charge in [0.15, 0.2) is 0 Å². The Bertz CT molecular complexity index is 998. The summed E-state index contributed by atoms with van der Waals surface area (Å²) < 4.78 is 15.8. The maximum Gasteiger partial charge on any atom is 0.123 e. The van der Waals surface area contributed by atoms with Gasteiger partial charge in [-0.05, 0) is 56.7 Å². The Morgan fingerprint density at radius 2 is 1.55 bits per heavy atom. The molecular weight excluding hydrogens is 436 g/mol. The van der Waals surface area contributed by atoms with Crippen molar-refractivity contribution in [3.63, 3.8) is 0 Å². The number of aryl methyl sites for hydroxylation is 2. The van der Waals surface area contributed by atoms with E-state index in [4.69, 9.17) is 0 Å². The van der Waals surface area contributed by atoms with Crippen molar-refractivity contribution in [1.82, 2.24) is 9.47 Å². The van der Waals surface area contributed by atoms with E-state index >= 15 is 0 Å². The van der Waals surface area contributed by atoms with Crippen molar-refractivity contribution in [3.05, 3.63) is 65.1 Å². The number of anilines is 1. The SMILES string of the molecule is Cc1ccc(N2CCN(CC(O)Cn3c(C)c(C)c4cc(F)ccc43)CC2)cc1.Cl.Cl. The first-order chi connectivity index (χ1) is 13.9. The minimum atomic E-state index is -0.459. The van der Waals surface area contributed by atoms with Crippen molar-refractivity contribution in [2.24, 2.45) is 0 Å². The lowest BCUT2D eigenvalue weighted by Crippen LogP contribution is -2.49. The van der Waals surface area contributed by atoms with Crippen molar-refractivity contribution in [3.8, 4) is 0 Å². The number of piperazine rings is 1. The summed E-state index contributed by atoms with van der Waals surface area (Å²) in [7, 11) is 0. The van der Waals surface area contributed by atoms with Gasteiger partial charge >= 0.3 is 0 Å². The molecule has 0 amide bonds. The van der Waals surface area contributed by atoms with E-state index in [1.165, 1.54) is 17.3 Å². The molecule has 170 valence electrons. The number of hydrogen-bond donors (Lipinski definition) is 1. The summed E-state index contributed by atoms with van der Waals surface area (Å²) in [5, 5.41) is 11.7. The third-order valence-corrected chi connectivity index (χ3v) is 6.23. The molecule has 1 aliphatic rings. The van der Waals surface area contributed by atoms with Crippen LogP contribution in [0.25, 0.3) is 10.9 Å². The topological polar surface area (TPSA) is 31.6 Å². The summed E-state index contributed by atoms with van der Waals surface area (Å²) >= 11 is 0. The van der Waals surface area contributed by atoms with Crippen LogP contribution in [0.15, 0.2) is 42.5 Å². The molecule has 1 aliphatic heterocycles. The standard InChI is InChI=1S/C24H30FN3O.2ClH/c1-17-4-7-21(8-5-17)27-12-10-26(11-13-27)15-22(29)16-28-19(3)18(2)23-14-20(25)6-9-24(23)28;;/h4-9,14,22,29H,10-13,15-16H2,1-3H3;2*1H. The van der Waals surface area contributed by atoms with Gasteiger partial charge < -0.3 is 14.6 Å². The van der Waals surface area contributed by atoms with Crippen molar-refractivity contribution in [2.75, 3.05) is 37.6 Å². The lowest BCUT2D eigenvalue weighted by Gasteiger charge is -2.37. The molecule has 1 aromatic heterocycles. The first kappa shape index (κ1) is 25.5. The number of nitrogens with zero attached hydrogens (tertiary/aromatic N) is 3. The van der Waals surface area contributed by atoms with E-state index in [-0.39, 0.29) is 30.6 Å². The van der Waals surface area contributed by atoms with Gasteiger partial charge in [-0.1, -0.05) is 17.7 Å². The van der Waals surface area contributed by atoms with E-state index in [0.717, 1.165) is 48.3 Å². The summed E-state index contributed by atoms with van der Waals surface area (Å²) in [5.74, 6) is -0.218. The number of halogens is 3. The van der Waals surface area contributed by atoms with Gasteiger partial charge in [-0.2, -0.15) is 0 Å². The second-order valence-corrected chi connectivity index (χ2v) is 8.26. The number of aliphatic hydroxyl groups excluding tert-OH is 1. The quantitative estimate of drug-likeness (QED) is 0.588. The van der Waals surface area contributed by atoms with Crippen LogP contribution < -0.4 is 4.90 Å². The Morgan fingerprint density at radius 1 is 0.903 bits per heavy atom. The summed E-state index contributed by atoms with van der Waals surface area (Å²) in [6, 6.07) is 13.6. The zero-order chi connectivity index (χ0) is 20.5. The van der Waals surface area contributed by atoms with E-state index in [0.29, 0.717) is 13.1 Å². The molecule has 31 heavy (non-hydrogen) atoms. The van der Waals surface area contributed by atoms with E-state index in [1.54, 1.807) is 6.07 Å². The summed E-state index contributed by atoms with van der Waals surface area (Å²) in [6.07, 6.45) is -0.459. The average Bonchev–Trinajstić information content (AvgIpc) is 2.94. The first-order valence-electron chi connectivity index (χ1n) is 10.4. The highest BCUT2D eigenvalue weighted by Crippen LogP contribution is 2.26. The maximum absolute atomic E-state index is 13.6. The highest BCUT2D eigenvalue weighted by Gasteiger charge is 2.21. The molecule has 1 unspecified atom stereocenters. The van der Waals surface area contributed by atoms with E-state index in [1.807, 2.05) is 19.9 Å². The fraction of sp³-hybridized carbons (Fsp3) is 0.417. The van der Waals surface area contributed by atoms with Crippen LogP contribution in [-0.4, -0.2) is 53.4 Å². The first-order valence-corrected chi connectivity index (χ1v) is 10.4. The third kappa shape index (κ3) is 5.53. The van der Waals surface area contributed by atoms with Crippen LogP contribution in [0.3, 0.4) is 0 Å². The molecule has 0 saturated carbocycles. The second-order valence-electron chi connectivity index (χ2n) is 8.26. The number of rotatable bonds is 5. The highest BCUT2D eigenvalue weighted by molar-refractivity contribution is 5.86. The van der Waals surface area contributed by atoms with Gasteiger partial charge in [0.2, 0.25) is 0 Å². The fourth-order valence-corrected chi connectivity index (χ4v) is 4.37. The van der Waals surface area contributed by atoms with Crippen LogP contribution in [0.2, 0.25) is 0 Å². The molecule has 4 rings (SSSR count). The van der Waals surface area contributed by atoms with Crippen molar-refractivity contribution in [1.29, 1.82) is 0 Å². The number of aromatic nitrogens is 1. The van der Waals surface area contributed by atoms with Gasteiger partial charge in [-0.25, -0.2) is 4.39 Å². The van der Waals surface area contributed by atoms with Gasteiger partial charge in [0.25, 0.3) is 0 Å². The predicted molar refractivity (Wildman–Crippen MR) is 132 cm³/mol. The molecule has 0 radical (unpaired) electrons. The molecular formula is C24H32Cl2FN3O. The number of aliphatic hydroxyl groups is 1. The van der Waals surface area contributed by atoms with Gasteiger partial charge in [0.1, 0.15) is 5.82 Å². The van der Waals surface area contributed by atoms with E-state index < -0.39 is 6.10 Å². The van der Waals surface area contributed by atoms with Gasteiger partial charge in [-0.15, -0.1) is 24.8 Å². The molecule has 1 atom stereocenters. The van der Waals surface area contributed by atoms with Crippen LogP contribution in [-0.2, 0) is 6.54 Å². The van der Waals surface area contributed by atoms with E-state index in [9.17, 15) is 9.50 Å². The van der Waals surface area contributed by atoms with Crippen LogP contribution in [0.1, 0.15) is 16.8 Å². The highest BCUT2D eigenvalue weighted by atomic mass is 35.5. The molecule has 1 saturated heterocycles. The Balaban J connectivity index is 0.00000171. The van der Waals surface area contributed by atoms with Crippen molar-refractivity contribution >= 4 is 41.4 Å². The molecule has 0 aliphatic carbocycles. The zero-order valence-electron chi connectivity index (χ0n) is 18.3. The summed E-state index contributed by atoms with van der Waals surface area (Å²) in [4.78, 5) is 4.74. The molecule has 2 aromatic carbocycles. The monoisotopic (exact) mass is 467 g/mol. The second kappa shape index (κ2) is 10.7. The Morgan fingerprint density at radius 3 is 2.19 bits per heavy atom. The lowest BCUT2D eigenvalue weighted by atomic mass is 10.1. The Labute approximate surface area is 196 Å². The maximum atomic E-state index is 13.6. The summed E-state index contributed by atoms with van der Waals surface area (Å²) in [5.41, 5.74) is 5.71. The van der Waals surface area contributed by atoms with Crippen molar-refractivity contribution < 1.29 is 9.50 Å². The Kier molecular flexibility index (Phi) is 8.78. The third-order valence-electron chi connectivity index (χ3n) is 6.23. The van der Waals surface area contributed by atoms with Crippen LogP contribution in [0.4, 0.5) is 10.1 Å². The van der Waals surface area contributed by atoms with Crippen LogP contribution in [0.5, 0.6) is 0 Å². The van der Waals surface area contributed by atoms with E-state index in [2.05, 4.69) is 45.6 Å². The molecule has 3 aromatic rings. The fourth-order valence-electron chi connectivity index (χ4n) is 4.37. The lowest BCUT2D eigenvalue weighted by molar-refractivity contribution is 0.0956. The molecule has 7 heteroatoms. The average molecular weight is 468 g/mol. The number of benzene rings is 2. The number of hydrogen-bond acceptors (Lipinski definition) is 3. The van der Waals surface area contributed by atoms with Gasteiger partial charge in [0.05, 0.1) is 12.6 Å². The van der Waals surface area contributed by atoms with Gasteiger partial charge in [-0.3, -0.25) is 4.90 Å². The number of β-amino-alcohol motifs (C(OH)–C–C–N with tert-alkyl or cyclic N) is 1. The largest absolute Gasteiger partial charge is 0.390 e. The molecule has 4 nitrogen and oxygen atoms in total. The number of fused-ring (bicyclic) bond motifs is 1. The van der Waals surface area contributed by atoms with Crippen LogP contribution >= 0.6 is 24.8 Å². The molecule has 1 N–H and O–H groups in total. The van der Waals surface area contributed by atoms with Gasteiger partial charge in [0, 0.05) is 55.0 Å². The summed E-state index contributed by atoms with van der Waals surface area (Å²) in [6.45, 7) is 11.2. The molecule has 2 heterocycles. The smallest absolute Gasteiger partial charge is 0.123 e. The minimum absolute atomic E-state index is 0. The molecule has 1 fully saturated rings.